The van der Waals surface area contributed by atoms with Gasteiger partial charge in [-0.3, -0.25) is 0 Å². The van der Waals surface area contributed by atoms with Crippen molar-refractivity contribution in [3.63, 3.8) is 0 Å². The van der Waals surface area contributed by atoms with Gasteiger partial charge >= 0.3 is 15.3 Å². The lowest BCUT2D eigenvalue weighted by Gasteiger charge is -2.24. The fourth-order valence-corrected chi connectivity index (χ4v) is 3.83. The van der Waals surface area contributed by atoms with Crippen LogP contribution < -0.4 is 0 Å². The van der Waals surface area contributed by atoms with Crippen molar-refractivity contribution in [3.8, 4) is 0 Å². The molecular formula is C13H26O4Si. The van der Waals surface area contributed by atoms with E-state index in [2.05, 4.69) is 6.58 Å². The van der Waals surface area contributed by atoms with E-state index in [9.17, 15) is 4.79 Å². The zero-order valence-corrected chi connectivity index (χ0v) is 13.3. The van der Waals surface area contributed by atoms with Crippen molar-refractivity contribution >= 4 is 15.3 Å². The quantitative estimate of drug-likeness (QED) is 0.368. The molecule has 0 heterocycles. The number of hydrogen-bond acceptors (Lipinski definition) is 4. The van der Waals surface area contributed by atoms with Gasteiger partial charge in [0.15, 0.2) is 0 Å². The zero-order valence-electron chi connectivity index (χ0n) is 12.1. The highest BCUT2D eigenvalue weighted by atomic mass is 28.3. The minimum Gasteiger partial charge on any atom is -0.459 e. The fourth-order valence-electron chi connectivity index (χ4n) is 1.48. The number of ether oxygens (including phenoxy) is 1. The van der Waals surface area contributed by atoms with E-state index in [0.717, 1.165) is 6.42 Å². The van der Waals surface area contributed by atoms with Gasteiger partial charge in [0, 0.05) is 24.3 Å². The summed E-state index contributed by atoms with van der Waals surface area (Å²) in [5.74, 6) is -0.385. The molecule has 0 aromatic heterocycles. The molecule has 0 bridgehead atoms. The monoisotopic (exact) mass is 274 g/mol. The van der Waals surface area contributed by atoms with E-state index >= 15 is 0 Å². The lowest BCUT2D eigenvalue weighted by molar-refractivity contribution is -0.142. The molecule has 0 aromatic rings. The van der Waals surface area contributed by atoms with Crippen LogP contribution in [0.25, 0.3) is 0 Å². The van der Waals surface area contributed by atoms with Crippen LogP contribution in [0.3, 0.4) is 0 Å². The first-order valence-electron chi connectivity index (χ1n) is 6.52. The van der Waals surface area contributed by atoms with Crippen molar-refractivity contribution in [1.82, 2.24) is 0 Å². The van der Waals surface area contributed by atoms with Gasteiger partial charge < -0.3 is 13.6 Å². The molecule has 0 rings (SSSR count). The maximum Gasteiger partial charge on any atom is 0.330 e. The second-order valence-electron chi connectivity index (χ2n) is 4.71. The third kappa shape index (κ3) is 8.44. The summed E-state index contributed by atoms with van der Waals surface area (Å²) in [4.78, 5) is 11.2. The molecule has 18 heavy (non-hydrogen) atoms. The van der Waals surface area contributed by atoms with E-state index < -0.39 is 9.28 Å². The van der Waals surface area contributed by atoms with E-state index in [4.69, 9.17) is 13.6 Å². The molecule has 0 aliphatic rings. The lowest BCUT2D eigenvalue weighted by Crippen LogP contribution is -2.34. The minimum absolute atomic E-state index is 0.132. The summed E-state index contributed by atoms with van der Waals surface area (Å²) in [5, 5.41) is 0. The van der Waals surface area contributed by atoms with Crippen LogP contribution in [0.5, 0.6) is 0 Å². The highest BCUT2D eigenvalue weighted by Crippen LogP contribution is 2.13. The van der Waals surface area contributed by atoms with Crippen LogP contribution in [0.4, 0.5) is 0 Å². The molecule has 5 heteroatoms. The molecule has 106 valence electrons. The van der Waals surface area contributed by atoms with Gasteiger partial charge in [-0.1, -0.05) is 13.5 Å². The average molecular weight is 274 g/mol. The Morgan fingerprint density at radius 1 is 1.22 bits per heavy atom. The Bertz CT molecular complexity index is 243. The van der Waals surface area contributed by atoms with Gasteiger partial charge in [0.05, 0.1) is 0 Å². The van der Waals surface area contributed by atoms with Crippen LogP contribution in [-0.2, 0) is 18.4 Å². The standard InChI is InChI=1S/C13H26O4Si/c1-7-12(15-13(14)8-2)9-18(16-10(3)4)17-11(5)6/h8,10-12,18H,2,7,9H2,1,3-6H3. The molecule has 4 nitrogen and oxygen atoms in total. The predicted octanol–water partition coefficient (Wildman–Crippen LogP) is 2.56. The Balaban J connectivity index is 4.40. The Morgan fingerprint density at radius 2 is 1.72 bits per heavy atom. The van der Waals surface area contributed by atoms with Gasteiger partial charge in [-0.05, 0) is 34.1 Å². The SMILES string of the molecule is C=CC(=O)OC(CC)C[SiH](OC(C)C)OC(C)C. The topological polar surface area (TPSA) is 44.8 Å². The molecule has 0 aliphatic carbocycles. The van der Waals surface area contributed by atoms with Crippen molar-refractivity contribution < 1.29 is 18.4 Å². The maximum absolute atomic E-state index is 11.2. The third-order valence-corrected chi connectivity index (χ3v) is 4.81. The van der Waals surface area contributed by atoms with Gasteiger partial charge in [0.25, 0.3) is 0 Å². The summed E-state index contributed by atoms with van der Waals surface area (Å²) in [6, 6.07) is 0.673. The molecule has 1 unspecified atom stereocenters. The van der Waals surface area contributed by atoms with Gasteiger partial charge in [-0.15, -0.1) is 0 Å². The Morgan fingerprint density at radius 3 is 2.06 bits per heavy atom. The van der Waals surface area contributed by atoms with Crippen LogP contribution in [-0.4, -0.2) is 33.6 Å². The summed E-state index contributed by atoms with van der Waals surface area (Å²) >= 11 is 0. The summed E-state index contributed by atoms with van der Waals surface area (Å²) in [6.45, 7) is 13.3. The first-order chi connectivity index (χ1) is 8.38. The molecule has 0 saturated heterocycles. The number of carbonyl (C=O) groups is 1. The largest absolute Gasteiger partial charge is 0.459 e. The lowest BCUT2D eigenvalue weighted by atomic mass is 10.3. The van der Waals surface area contributed by atoms with Crippen LogP contribution in [0.1, 0.15) is 41.0 Å². The maximum atomic E-state index is 11.2. The predicted molar refractivity (Wildman–Crippen MR) is 74.8 cm³/mol. The highest BCUT2D eigenvalue weighted by molar-refractivity contribution is 6.44. The highest BCUT2D eigenvalue weighted by Gasteiger charge is 2.23. The van der Waals surface area contributed by atoms with Crippen molar-refractivity contribution in [2.75, 3.05) is 0 Å². The molecule has 0 aliphatic heterocycles. The van der Waals surface area contributed by atoms with Gasteiger partial charge in [0.1, 0.15) is 6.10 Å². The van der Waals surface area contributed by atoms with Crippen molar-refractivity contribution in [1.29, 1.82) is 0 Å². The molecule has 1 atom stereocenters. The van der Waals surface area contributed by atoms with Crippen LogP contribution in [0, 0.1) is 0 Å². The Labute approximate surface area is 112 Å². The first kappa shape index (κ1) is 17.3. The van der Waals surface area contributed by atoms with Gasteiger partial charge in [-0.2, -0.15) is 0 Å². The molecule has 0 spiro atoms. The van der Waals surface area contributed by atoms with Crippen molar-refractivity contribution in [2.45, 2.75) is 65.4 Å². The number of carbonyl (C=O) groups excluding carboxylic acids is 1. The van der Waals surface area contributed by atoms with E-state index in [-0.39, 0.29) is 24.3 Å². The summed E-state index contributed by atoms with van der Waals surface area (Å²) in [7, 11) is -1.81. The zero-order chi connectivity index (χ0) is 14.1. The van der Waals surface area contributed by atoms with E-state index in [1.54, 1.807) is 0 Å². The van der Waals surface area contributed by atoms with Gasteiger partial charge in [0.2, 0.25) is 0 Å². The molecule has 0 N–H and O–H groups in total. The molecular weight excluding hydrogens is 248 g/mol. The Kier molecular flexibility index (Phi) is 8.96. The van der Waals surface area contributed by atoms with E-state index in [1.165, 1.54) is 6.08 Å². The van der Waals surface area contributed by atoms with E-state index in [0.29, 0.717) is 6.04 Å². The minimum atomic E-state index is -1.81. The first-order valence-corrected chi connectivity index (χ1v) is 8.28. The van der Waals surface area contributed by atoms with E-state index in [1.807, 2.05) is 34.6 Å². The number of esters is 1. The molecule has 0 radical (unpaired) electrons. The average Bonchev–Trinajstić information content (AvgIpc) is 2.25. The molecule has 0 amide bonds. The van der Waals surface area contributed by atoms with Crippen LogP contribution >= 0.6 is 0 Å². The fraction of sp³-hybridized carbons (Fsp3) is 0.769. The second kappa shape index (κ2) is 9.30. The summed E-state index contributed by atoms with van der Waals surface area (Å²) < 4.78 is 16.9. The Hall–Kier alpha value is -0.653. The summed E-state index contributed by atoms with van der Waals surface area (Å²) in [6.07, 6.45) is 2.06. The van der Waals surface area contributed by atoms with Crippen molar-refractivity contribution in [2.24, 2.45) is 0 Å². The van der Waals surface area contributed by atoms with Crippen LogP contribution in [0.2, 0.25) is 6.04 Å². The normalized spacial score (nSPS) is 13.1. The van der Waals surface area contributed by atoms with Crippen LogP contribution in [0.15, 0.2) is 12.7 Å². The molecule has 0 fully saturated rings. The number of rotatable bonds is 9. The van der Waals surface area contributed by atoms with Gasteiger partial charge in [-0.25, -0.2) is 4.79 Å². The molecule has 0 saturated carbocycles. The second-order valence-corrected chi connectivity index (χ2v) is 6.58. The third-order valence-electron chi connectivity index (χ3n) is 2.21. The van der Waals surface area contributed by atoms with Crippen molar-refractivity contribution in [3.05, 3.63) is 12.7 Å². The summed E-state index contributed by atoms with van der Waals surface area (Å²) in [5.41, 5.74) is 0. The smallest absolute Gasteiger partial charge is 0.330 e. The molecule has 0 aromatic carbocycles. The number of hydrogen-bond donors (Lipinski definition) is 0.